The molecule has 1 nitrogen and oxygen atoms in total. The van der Waals surface area contributed by atoms with Gasteiger partial charge in [0.05, 0.1) is 6.61 Å². The van der Waals surface area contributed by atoms with Crippen molar-refractivity contribution in [3.05, 3.63) is 29.3 Å². The van der Waals surface area contributed by atoms with Crippen LogP contribution in [-0.2, 0) is 12.8 Å². The van der Waals surface area contributed by atoms with E-state index in [2.05, 4.69) is 48.0 Å². The normalized spacial score (nSPS) is 16.4. The zero-order valence-electron chi connectivity index (χ0n) is 11.4. The molecule has 0 heterocycles. The fraction of sp³-hybridized carbons (Fsp3) is 0.625. The van der Waals surface area contributed by atoms with E-state index in [0.717, 1.165) is 17.7 Å². The van der Waals surface area contributed by atoms with Crippen molar-refractivity contribution in [2.75, 3.05) is 11.9 Å². The van der Waals surface area contributed by atoms with Crippen LogP contribution in [0.2, 0.25) is 0 Å². The van der Waals surface area contributed by atoms with Crippen molar-refractivity contribution in [2.24, 2.45) is 11.8 Å². The molecule has 0 aliphatic heterocycles. The Kier molecular flexibility index (Phi) is 5.11. The molecule has 0 spiro atoms. The average Bonchev–Trinajstić information content (AvgIpc) is 2.39. The molecule has 0 radical (unpaired) electrons. The second-order valence-corrected chi connectivity index (χ2v) is 6.25. The molecule has 1 atom stereocenters. The monoisotopic (exact) mass is 310 g/mol. The van der Waals surface area contributed by atoms with Gasteiger partial charge in [0.25, 0.3) is 0 Å². The van der Waals surface area contributed by atoms with E-state index in [9.17, 15) is 0 Å². The summed E-state index contributed by atoms with van der Waals surface area (Å²) in [6.45, 7) is 5.31. The van der Waals surface area contributed by atoms with Crippen LogP contribution in [0.1, 0.15) is 37.8 Å². The SMILES string of the molecule is CC(C)C(CBr)COc1ccc2c(c1)CCCC2. The molecule has 0 aromatic heterocycles. The third-order valence-corrected chi connectivity index (χ3v) is 4.76. The second kappa shape index (κ2) is 6.60. The van der Waals surface area contributed by atoms with Crippen LogP contribution in [0.4, 0.5) is 0 Å². The van der Waals surface area contributed by atoms with Gasteiger partial charge in [-0.3, -0.25) is 0 Å². The van der Waals surface area contributed by atoms with Crippen LogP contribution < -0.4 is 4.74 Å². The fourth-order valence-electron chi connectivity index (χ4n) is 2.42. The maximum Gasteiger partial charge on any atom is 0.119 e. The minimum atomic E-state index is 0.584. The van der Waals surface area contributed by atoms with E-state index in [4.69, 9.17) is 4.74 Å². The van der Waals surface area contributed by atoms with Crippen LogP contribution in [0.15, 0.2) is 18.2 Å². The van der Waals surface area contributed by atoms with E-state index in [1.54, 1.807) is 0 Å². The Balaban J connectivity index is 1.97. The number of aryl methyl sites for hydroxylation is 2. The third-order valence-electron chi connectivity index (χ3n) is 3.93. The molecular formula is C16H23BrO. The minimum Gasteiger partial charge on any atom is -0.493 e. The second-order valence-electron chi connectivity index (χ2n) is 5.61. The zero-order chi connectivity index (χ0) is 13.0. The van der Waals surface area contributed by atoms with E-state index < -0.39 is 0 Å². The molecule has 2 heteroatoms. The van der Waals surface area contributed by atoms with E-state index in [1.165, 1.54) is 36.8 Å². The number of rotatable bonds is 5. The largest absolute Gasteiger partial charge is 0.493 e. The van der Waals surface area contributed by atoms with Crippen molar-refractivity contribution in [3.8, 4) is 5.75 Å². The topological polar surface area (TPSA) is 9.23 Å². The summed E-state index contributed by atoms with van der Waals surface area (Å²) in [5.74, 6) is 2.28. The molecule has 1 aromatic rings. The molecule has 1 aliphatic rings. The first-order valence-electron chi connectivity index (χ1n) is 7.01. The van der Waals surface area contributed by atoms with Gasteiger partial charge in [0.1, 0.15) is 5.75 Å². The van der Waals surface area contributed by atoms with Gasteiger partial charge >= 0.3 is 0 Å². The van der Waals surface area contributed by atoms with Gasteiger partial charge in [-0.25, -0.2) is 0 Å². The lowest BCUT2D eigenvalue weighted by Crippen LogP contribution is -2.19. The van der Waals surface area contributed by atoms with Crippen LogP contribution in [0, 0.1) is 11.8 Å². The standard InChI is InChI=1S/C16H23BrO/c1-12(2)15(10-17)11-18-16-8-7-13-5-3-4-6-14(13)9-16/h7-9,12,15H,3-6,10-11H2,1-2H3. The fourth-order valence-corrected chi connectivity index (χ4v) is 3.35. The van der Waals surface area contributed by atoms with Gasteiger partial charge in [-0.2, -0.15) is 0 Å². The van der Waals surface area contributed by atoms with Gasteiger partial charge in [-0.1, -0.05) is 35.8 Å². The predicted octanol–water partition coefficient (Wildman–Crippen LogP) is 4.61. The van der Waals surface area contributed by atoms with E-state index in [1.807, 2.05) is 0 Å². The van der Waals surface area contributed by atoms with E-state index >= 15 is 0 Å². The molecule has 1 aromatic carbocycles. The van der Waals surface area contributed by atoms with Crippen molar-refractivity contribution < 1.29 is 4.74 Å². The molecule has 0 saturated carbocycles. The summed E-state index contributed by atoms with van der Waals surface area (Å²) in [7, 11) is 0. The molecule has 2 rings (SSSR count). The average molecular weight is 311 g/mol. The predicted molar refractivity (Wildman–Crippen MR) is 80.7 cm³/mol. The summed E-state index contributed by atoms with van der Waals surface area (Å²) < 4.78 is 5.96. The highest BCUT2D eigenvalue weighted by Crippen LogP contribution is 2.26. The molecule has 0 bridgehead atoms. The summed E-state index contributed by atoms with van der Waals surface area (Å²) in [6, 6.07) is 6.64. The van der Waals surface area contributed by atoms with Crippen molar-refractivity contribution >= 4 is 15.9 Å². The number of fused-ring (bicyclic) bond motifs is 1. The van der Waals surface area contributed by atoms with Crippen molar-refractivity contribution in [1.29, 1.82) is 0 Å². The Bertz CT molecular complexity index is 387. The van der Waals surface area contributed by atoms with Gasteiger partial charge in [0.15, 0.2) is 0 Å². The summed E-state index contributed by atoms with van der Waals surface area (Å²) in [5.41, 5.74) is 3.02. The summed E-state index contributed by atoms with van der Waals surface area (Å²) in [6.07, 6.45) is 5.13. The molecule has 1 unspecified atom stereocenters. The lowest BCUT2D eigenvalue weighted by molar-refractivity contribution is 0.227. The third kappa shape index (κ3) is 3.50. The summed E-state index contributed by atoms with van der Waals surface area (Å²) in [5, 5.41) is 1.01. The first kappa shape index (κ1) is 13.9. The molecule has 1 aliphatic carbocycles. The maximum absolute atomic E-state index is 5.96. The Morgan fingerprint density at radius 3 is 2.56 bits per heavy atom. The van der Waals surface area contributed by atoms with E-state index in [-0.39, 0.29) is 0 Å². The molecule has 0 amide bonds. The zero-order valence-corrected chi connectivity index (χ0v) is 13.0. The van der Waals surface area contributed by atoms with Gasteiger partial charge in [-0.15, -0.1) is 0 Å². The smallest absolute Gasteiger partial charge is 0.119 e. The molecule has 100 valence electrons. The highest BCUT2D eigenvalue weighted by Gasteiger charge is 2.14. The quantitative estimate of drug-likeness (QED) is 0.722. The molecule has 0 fully saturated rings. The van der Waals surface area contributed by atoms with Gasteiger partial charge < -0.3 is 4.74 Å². The first-order valence-corrected chi connectivity index (χ1v) is 8.13. The molecule has 0 saturated heterocycles. The lowest BCUT2D eigenvalue weighted by Gasteiger charge is -2.20. The van der Waals surface area contributed by atoms with Crippen LogP contribution in [-0.4, -0.2) is 11.9 Å². The summed E-state index contributed by atoms with van der Waals surface area (Å²) in [4.78, 5) is 0. The van der Waals surface area contributed by atoms with Crippen molar-refractivity contribution in [3.63, 3.8) is 0 Å². The van der Waals surface area contributed by atoms with Gasteiger partial charge in [-0.05, 0) is 54.9 Å². The van der Waals surface area contributed by atoms with Crippen LogP contribution >= 0.6 is 15.9 Å². The van der Waals surface area contributed by atoms with Crippen LogP contribution in [0.5, 0.6) is 5.75 Å². The highest BCUT2D eigenvalue weighted by atomic mass is 79.9. The Labute approximate surface area is 119 Å². The summed E-state index contributed by atoms with van der Waals surface area (Å²) >= 11 is 3.57. The number of alkyl halides is 1. The number of halogens is 1. The van der Waals surface area contributed by atoms with Gasteiger partial charge in [0.2, 0.25) is 0 Å². The molecule has 0 N–H and O–H groups in total. The Morgan fingerprint density at radius 2 is 1.89 bits per heavy atom. The molecular weight excluding hydrogens is 288 g/mol. The lowest BCUT2D eigenvalue weighted by atomic mass is 9.92. The van der Waals surface area contributed by atoms with Crippen molar-refractivity contribution in [1.82, 2.24) is 0 Å². The van der Waals surface area contributed by atoms with Crippen LogP contribution in [0.3, 0.4) is 0 Å². The molecule has 18 heavy (non-hydrogen) atoms. The van der Waals surface area contributed by atoms with E-state index in [0.29, 0.717) is 11.8 Å². The maximum atomic E-state index is 5.96. The Hall–Kier alpha value is -0.500. The van der Waals surface area contributed by atoms with Crippen LogP contribution in [0.25, 0.3) is 0 Å². The highest BCUT2D eigenvalue weighted by molar-refractivity contribution is 9.09. The van der Waals surface area contributed by atoms with Gasteiger partial charge in [0, 0.05) is 11.2 Å². The number of hydrogen-bond donors (Lipinski definition) is 0. The number of hydrogen-bond acceptors (Lipinski definition) is 1. The first-order chi connectivity index (χ1) is 8.70. The Morgan fingerprint density at radius 1 is 1.17 bits per heavy atom. The number of benzene rings is 1. The van der Waals surface area contributed by atoms with Crippen molar-refractivity contribution in [2.45, 2.75) is 39.5 Å². The number of ether oxygens (including phenoxy) is 1. The minimum absolute atomic E-state index is 0.584.